The number of carboxylic acids is 1. The maximum Gasteiger partial charge on any atom is 0.325 e. The van der Waals surface area contributed by atoms with Crippen LogP contribution in [0.15, 0.2) is 24.3 Å². The number of aliphatic carboxylic acids is 1. The molecule has 1 aromatic rings. The fraction of sp³-hybridized carbons (Fsp3) is 0.250. The van der Waals surface area contributed by atoms with Crippen molar-refractivity contribution < 1.29 is 14.7 Å². The second-order valence-electron chi connectivity index (χ2n) is 3.57. The second-order valence-corrected chi connectivity index (χ2v) is 3.57. The number of carboxylic acid groups (broad SMARTS) is 1. The lowest BCUT2D eigenvalue weighted by molar-refractivity contribution is -0.138. The van der Waals surface area contributed by atoms with Crippen LogP contribution >= 0.6 is 0 Å². The van der Waals surface area contributed by atoms with Crippen LogP contribution in [0.3, 0.4) is 0 Å². The Labute approximate surface area is 98.7 Å². The zero-order valence-electron chi connectivity index (χ0n) is 9.30. The summed E-state index contributed by atoms with van der Waals surface area (Å²) in [6.45, 7) is 1.39. The Morgan fingerprint density at radius 3 is 2.82 bits per heavy atom. The van der Waals surface area contributed by atoms with E-state index in [2.05, 4.69) is 5.32 Å². The van der Waals surface area contributed by atoms with Gasteiger partial charge in [-0.1, -0.05) is 12.1 Å². The third-order valence-corrected chi connectivity index (χ3v) is 2.19. The monoisotopic (exact) mass is 232 g/mol. The molecular weight excluding hydrogens is 220 g/mol. The Bertz CT molecular complexity index is 477. The summed E-state index contributed by atoms with van der Waals surface area (Å²) < 4.78 is 0. The topological polar surface area (TPSA) is 90.2 Å². The van der Waals surface area contributed by atoms with E-state index in [1.165, 1.54) is 6.92 Å². The Hall–Kier alpha value is -2.35. The van der Waals surface area contributed by atoms with Gasteiger partial charge in [0, 0.05) is 5.56 Å². The number of carbonyl (C=O) groups is 2. The van der Waals surface area contributed by atoms with E-state index in [1.54, 1.807) is 24.3 Å². The van der Waals surface area contributed by atoms with Crippen molar-refractivity contribution in [3.05, 3.63) is 35.4 Å². The molecule has 0 spiro atoms. The molecule has 0 aliphatic carbocycles. The zero-order valence-corrected chi connectivity index (χ0v) is 9.30. The van der Waals surface area contributed by atoms with Crippen molar-refractivity contribution in [1.82, 2.24) is 5.32 Å². The lowest BCUT2D eigenvalue weighted by Gasteiger charge is -2.09. The van der Waals surface area contributed by atoms with Crippen molar-refractivity contribution in [2.75, 3.05) is 0 Å². The SMILES string of the molecule is C[C@H](NC(=O)c1cccc(CC#N)c1)C(=O)O. The minimum absolute atomic E-state index is 0.218. The summed E-state index contributed by atoms with van der Waals surface area (Å²) in [4.78, 5) is 22.2. The minimum atomic E-state index is -1.09. The number of nitrogens with one attached hydrogen (secondary N) is 1. The number of amides is 1. The van der Waals surface area contributed by atoms with Crippen LogP contribution in [0.5, 0.6) is 0 Å². The van der Waals surface area contributed by atoms with Crippen LogP contribution in [0.25, 0.3) is 0 Å². The van der Waals surface area contributed by atoms with E-state index in [4.69, 9.17) is 10.4 Å². The molecule has 0 saturated carbocycles. The number of nitriles is 1. The highest BCUT2D eigenvalue weighted by Crippen LogP contribution is 2.06. The summed E-state index contributed by atoms with van der Waals surface area (Å²) >= 11 is 0. The van der Waals surface area contributed by atoms with Crippen LogP contribution in [0.1, 0.15) is 22.8 Å². The van der Waals surface area contributed by atoms with Crippen LogP contribution < -0.4 is 5.32 Å². The highest BCUT2D eigenvalue weighted by atomic mass is 16.4. The Kier molecular flexibility index (Phi) is 4.23. The molecule has 17 heavy (non-hydrogen) atoms. The van der Waals surface area contributed by atoms with Crippen LogP contribution in [0, 0.1) is 11.3 Å². The summed E-state index contributed by atoms with van der Waals surface area (Å²) in [5.74, 6) is -1.55. The molecule has 0 heterocycles. The largest absolute Gasteiger partial charge is 0.480 e. The van der Waals surface area contributed by atoms with Crippen molar-refractivity contribution in [2.24, 2.45) is 0 Å². The summed E-state index contributed by atoms with van der Waals surface area (Å²) in [5, 5.41) is 19.5. The summed E-state index contributed by atoms with van der Waals surface area (Å²) in [5.41, 5.74) is 1.08. The first kappa shape index (κ1) is 12.7. The average Bonchev–Trinajstić information content (AvgIpc) is 2.29. The summed E-state index contributed by atoms with van der Waals surface area (Å²) in [6.07, 6.45) is 0.218. The molecule has 0 aliphatic rings. The predicted molar refractivity (Wildman–Crippen MR) is 60.3 cm³/mol. The molecule has 0 fully saturated rings. The van der Waals surface area contributed by atoms with E-state index >= 15 is 0 Å². The van der Waals surface area contributed by atoms with Gasteiger partial charge < -0.3 is 10.4 Å². The first-order valence-corrected chi connectivity index (χ1v) is 5.04. The zero-order chi connectivity index (χ0) is 12.8. The number of nitrogens with zero attached hydrogens (tertiary/aromatic N) is 1. The molecule has 5 nitrogen and oxygen atoms in total. The van der Waals surface area contributed by atoms with Crippen molar-refractivity contribution in [3.63, 3.8) is 0 Å². The second kappa shape index (κ2) is 5.66. The molecule has 0 aliphatic heterocycles. The normalized spacial score (nSPS) is 11.3. The third-order valence-electron chi connectivity index (χ3n) is 2.19. The fourth-order valence-corrected chi connectivity index (χ4v) is 1.26. The molecule has 1 aromatic carbocycles. The van der Waals surface area contributed by atoms with Crippen LogP contribution in [0.4, 0.5) is 0 Å². The Balaban J connectivity index is 2.79. The van der Waals surface area contributed by atoms with E-state index in [-0.39, 0.29) is 6.42 Å². The fourth-order valence-electron chi connectivity index (χ4n) is 1.26. The van der Waals surface area contributed by atoms with Gasteiger partial charge in [0.1, 0.15) is 6.04 Å². The molecule has 2 N–H and O–H groups in total. The van der Waals surface area contributed by atoms with Gasteiger partial charge in [-0.05, 0) is 24.6 Å². The minimum Gasteiger partial charge on any atom is -0.480 e. The standard InChI is InChI=1S/C12H12N2O3/c1-8(12(16)17)14-11(15)10-4-2-3-9(7-10)5-6-13/h2-4,7-8H,5H2,1H3,(H,14,15)(H,16,17)/t8-/m0/s1. The smallest absolute Gasteiger partial charge is 0.325 e. The Morgan fingerprint density at radius 2 is 2.24 bits per heavy atom. The Morgan fingerprint density at radius 1 is 1.53 bits per heavy atom. The average molecular weight is 232 g/mol. The van der Waals surface area contributed by atoms with E-state index in [1.807, 2.05) is 6.07 Å². The first-order chi connectivity index (χ1) is 8.04. The van der Waals surface area contributed by atoms with Gasteiger partial charge in [-0.3, -0.25) is 9.59 Å². The molecule has 1 amide bonds. The molecule has 0 bridgehead atoms. The van der Waals surface area contributed by atoms with Crippen LogP contribution in [0.2, 0.25) is 0 Å². The maximum absolute atomic E-state index is 11.7. The van der Waals surface area contributed by atoms with Gasteiger partial charge in [-0.15, -0.1) is 0 Å². The molecule has 1 atom stereocenters. The van der Waals surface area contributed by atoms with Crippen molar-refractivity contribution in [1.29, 1.82) is 5.26 Å². The van der Waals surface area contributed by atoms with Gasteiger partial charge in [-0.25, -0.2) is 0 Å². The highest BCUT2D eigenvalue weighted by molar-refractivity contribution is 5.96. The molecule has 0 unspecified atom stereocenters. The van der Waals surface area contributed by atoms with E-state index in [0.717, 1.165) is 5.56 Å². The van der Waals surface area contributed by atoms with Gasteiger partial charge in [0.05, 0.1) is 12.5 Å². The highest BCUT2D eigenvalue weighted by Gasteiger charge is 2.15. The van der Waals surface area contributed by atoms with E-state index in [9.17, 15) is 9.59 Å². The molecular formula is C12H12N2O3. The van der Waals surface area contributed by atoms with E-state index < -0.39 is 17.9 Å². The van der Waals surface area contributed by atoms with Gasteiger partial charge in [0.2, 0.25) is 0 Å². The molecule has 0 radical (unpaired) electrons. The third kappa shape index (κ3) is 3.61. The van der Waals surface area contributed by atoms with E-state index in [0.29, 0.717) is 5.56 Å². The van der Waals surface area contributed by atoms with Crippen molar-refractivity contribution in [3.8, 4) is 6.07 Å². The lowest BCUT2D eigenvalue weighted by atomic mass is 10.1. The number of benzene rings is 1. The van der Waals surface area contributed by atoms with Gasteiger partial charge in [-0.2, -0.15) is 5.26 Å². The van der Waals surface area contributed by atoms with Crippen molar-refractivity contribution in [2.45, 2.75) is 19.4 Å². The summed E-state index contributed by atoms with van der Waals surface area (Å²) in [6, 6.07) is 7.59. The predicted octanol–water partition coefficient (Wildman–Crippen LogP) is 0.956. The number of carbonyl (C=O) groups excluding carboxylic acids is 1. The van der Waals surface area contributed by atoms with Crippen molar-refractivity contribution >= 4 is 11.9 Å². The molecule has 5 heteroatoms. The number of rotatable bonds is 4. The number of hydrogen-bond acceptors (Lipinski definition) is 3. The maximum atomic E-state index is 11.7. The quantitative estimate of drug-likeness (QED) is 0.808. The van der Waals surface area contributed by atoms with Gasteiger partial charge in [0.15, 0.2) is 0 Å². The molecule has 88 valence electrons. The number of hydrogen-bond donors (Lipinski definition) is 2. The molecule has 1 rings (SSSR count). The molecule has 0 aromatic heterocycles. The first-order valence-electron chi connectivity index (χ1n) is 5.04. The van der Waals surface area contributed by atoms with Crippen LogP contribution in [-0.2, 0) is 11.2 Å². The van der Waals surface area contributed by atoms with Crippen LogP contribution in [-0.4, -0.2) is 23.0 Å². The van der Waals surface area contributed by atoms with Gasteiger partial charge >= 0.3 is 5.97 Å². The molecule has 0 saturated heterocycles. The lowest BCUT2D eigenvalue weighted by Crippen LogP contribution is -2.38. The van der Waals surface area contributed by atoms with Gasteiger partial charge in [0.25, 0.3) is 5.91 Å². The summed E-state index contributed by atoms with van der Waals surface area (Å²) in [7, 11) is 0.